The van der Waals surface area contributed by atoms with Crippen LogP contribution in [-0.4, -0.2) is 40.5 Å². The molecule has 1 aromatic rings. The SMILES string of the molecule is CCN(CCNc1ccncn1)C1CC1. The normalized spacial score (nSPS) is 15.6. The van der Waals surface area contributed by atoms with Gasteiger partial charge in [-0.1, -0.05) is 6.92 Å². The molecule has 1 aliphatic carbocycles. The van der Waals surface area contributed by atoms with Crippen molar-refractivity contribution in [2.24, 2.45) is 0 Å². The van der Waals surface area contributed by atoms with Gasteiger partial charge in [0.05, 0.1) is 0 Å². The smallest absolute Gasteiger partial charge is 0.129 e. The van der Waals surface area contributed by atoms with E-state index in [1.54, 1.807) is 12.5 Å². The van der Waals surface area contributed by atoms with Gasteiger partial charge in [0.1, 0.15) is 12.1 Å². The monoisotopic (exact) mass is 206 g/mol. The van der Waals surface area contributed by atoms with Gasteiger partial charge >= 0.3 is 0 Å². The largest absolute Gasteiger partial charge is 0.369 e. The summed E-state index contributed by atoms with van der Waals surface area (Å²) in [5.41, 5.74) is 0. The first-order chi connectivity index (χ1) is 7.40. The third-order valence-corrected chi connectivity index (χ3v) is 2.76. The molecule has 1 heterocycles. The molecule has 82 valence electrons. The maximum atomic E-state index is 4.12. The van der Waals surface area contributed by atoms with Gasteiger partial charge in [0.15, 0.2) is 0 Å². The van der Waals surface area contributed by atoms with Crippen molar-refractivity contribution in [1.82, 2.24) is 14.9 Å². The summed E-state index contributed by atoms with van der Waals surface area (Å²) < 4.78 is 0. The second-order valence-electron chi connectivity index (χ2n) is 3.88. The van der Waals surface area contributed by atoms with Crippen molar-refractivity contribution in [2.75, 3.05) is 25.0 Å². The highest BCUT2D eigenvalue weighted by atomic mass is 15.2. The zero-order valence-electron chi connectivity index (χ0n) is 9.19. The van der Waals surface area contributed by atoms with Crippen LogP contribution in [0.2, 0.25) is 0 Å². The summed E-state index contributed by atoms with van der Waals surface area (Å²) >= 11 is 0. The van der Waals surface area contributed by atoms with E-state index >= 15 is 0 Å². The lowest BCUT2D eigenvalue weighted by atomic mass is 10.4. The molecule has 1 saturated carbocycles. The van der Waals surface area contributed by atoms with Crippen molar-refractivity contribution in [3.8, 4) is 0 Å². The highest BCUT2D eigenvalue weighted by Crippen LogP contribution is 2.25. The van der Waals surface area contributed by atoms with E-state index in [1.165, 1.54) is 12.8 Å². The number of hydrogen-bond acceptors (Lipinski definition) is 4. The Balaban J connectivity index is 1.69. The van der Waals surface area contributed by atoms with Crippen molar-refractivity contribution in [3.63, 3.8) is 0 Å². The van der Waals surface area contributed by atoms with Gasteiger partial charge < -0.3 is 5.32 Å². The Bertz CT molecular complexity index is 284. The van der Waals surface area contributed by atoms with Crippen molar-refractivity contribution in [3.05, 3.63) is 18.6 Å². The van der Waals surface area contributed by atoms with E-state index in [0.29, 0.717) is 0 Å². The van der Waals surface area contributed by atoms with Crippen LogP contribution >= 0.6 is 0 Å². The average Bonchev–Trinajstić information content (AvgIpc) is 3.10. The van der Waals surface area contributed by atoms with Gasteiger partial charge in [-0.15, -0.1) is 0 Å². The molecule has 1 fully saturated rings. The fraction of sp³-hybridized carbons (Fsp3) is 0.636. The Morgan fingerprint density at radius 1 is 1.53 bits per heavy atom. The minimum Gasteiger partial charge on any atom is -0.369 e. The van der Waals surface area contributed by atoms with Gasteiger partial charge in [-0.25, -0.2) is 9.97 Å². The fourth-order valence-electron chi connectivity index (χ4n) is 1.76. The zero-order valence-corrected chi connectivity index (χ0v) is 9.19. The van der Waals surface area contributed by atoms with E-state index in [9.17, 15) is 0 Å². The van der Waals surface area contributed by atoms with Gasteiger partial charge in [0.2, 0.25) is 0 Å². The molecule has 0 atom stereocenters. The molecule has 0 spiro atoms. The van der Waals surface area contributed by atoms with Gasteiger partial charge in [0.25, 0.3) is 0 Å². The van der Waals surface area contributed by atoms with Crippen LogP contribution in [0.3, 0.4) is 0 Å². The molecule has 0 bridgehead atoms. The molecular weight excluding hydrogens is 188 g/mol. The number of aromatic nitrogens is 2. The van der Waals surface area contributed by atoms with Crippen LogP contribution < -0.4 is 5.32 Å². The lowest BCUT2D eigenvalue weighted by Gasteiger charge is -2.19. The van der Waals surface area contributed by atoms with Crippen molar-refractivity contribution in [1.29, 1.82) is 0 Å². The molecule has 1 N–H and O–H groups in total. The highest BCUT2D eigenvalue weighted by molar-refractivity contribution is 5.31. The summed E-state index contributed by atoms with van der Waals surface area (Å²) in [6.45, 7) is 5.44. The Morgan fingerprint density at radius 2 is 2.40 bits per heavy atom. The predicted molar refractivity (Wildman–Crippen MR) is 60.8 cm³/mol. The maximum absolute atomic E-state index is 4.12. The molecule has 4 heteroatoms. The van der Waals surface area contributed by atoms with Crippen molar-refractivity contribution in [2.45, 2.75) is 25.8 Å². The Kier molecular flexibility index (Phi) is 3.50. The summed E-state index contributed by atoms with van der Waals surface area (Å²) in [6, 6.07) is 2.75. The summed E-state index contributed by atoms with van der Waals surface area (Å²) in [4.78, 5) is 10.5. The van der Waals surface area contributed by atoms with Crippen LogP contribution in [0.4, 0.5) is 5.82 Å². The van der Waals surface area contributed by atoms with Crippen LogP contribution in [0.15, 0.2) is 18.6 Å². The van der Waals surface area contributed by atoms with Gasteiger partial charge in [0, 0.05) is 25.3 Å². The van der Waals surface area contributed by atoms with E-state index in [1.807, 2.05) is 6.07 Å². The summed E-state index contributed by atoms with van der Waals surface area (Å²) in [6.07, 6.45) is 6.08. The standard InChI is InChI=1S/C11H18N4/c1-2-15(10-3-4-10)8-7-13-11-5-6-12-9-14-11/h5-6,9-10H,2-4,7-8H2,1H3,(H,12,13,14). The zero-order chi connectivity index (χ0) is 10.5. The number of likely N-dealkylation sites (N-methyl/N-ethyl adjacent to an activating group) is 1. The first-order valence-corrected chi connectivity index (χ1v) is 5.64. The average molecular weight is 206 g/mol. The fourth-order valence-corrected chi connectivity index (χ4v) is 1.76. The summed E-state index contributed by atoms with van der Waals surface area (Å²) in [7, 11) is 0. The second-order valence-corrected chi connectivity index (χ2v) is 3.88. The second kappa shape index (κ2) is 5.07. The Morgan fingerprint density at radius 3 is 3.00 bits per heavy atom. The molecule has 1 aromatic heterocycles. The molecular formula is C11H18N4. The van der Waals surface area contributed by atoms with Crippen molar-refractivity contribution < 1.29 is 0 Å². The molecule has 0 aromatic carbocycles. The van der Waals surface area contributed by atoms with E-state index in [4.69, 9.17) is 0 Å². The summed E-state index contributed by atoms with van der Waals surface area (Å²) in [5.74, 6) is 0.914. The molecule has 0 saturated heterocycles. The number of anilines is 1. The predicted octanol–water partition coefficient (Wildman–Crippen LogP) is 1.37. The van der Waals surface area contributed by atoms with E-state index in [2.05, 4.69) is 27.1 Å². The minimum atomic E-state index is 0.849. The molecule has 2 rings (SSSR count). The number of hydrogen-bond donors (Lipinski definition) is 1. The molecule has 0 radical (unpaired) electrons. The molecule has 4 nitrogen and oxygen atoms in total. The van der Waals surface area contributed by atoms with E-state index < -0.39 is 0 Å². The molecule has 1 aliphatic rings. The number of rotatable bonds is 6. The van der Waals surface area contributed by atoms with Gasteiger partial charge in [-0.3, -0.25) is 4.90 Å². The molecule has 0 amide bonds. The van der Waals surface area contributed by atoms with Crippen LogP contribution in [-0.2, 0) is 0 Å². The van der Waals surface area contributed by atoms with Crippen LogP contribution in [0.25, 0.3) is 0 Å². The van der Waals surface area contributed by atoms with E-state index in [-0.39, 0.29) is 0 Å². The van der Waals surface area contributed by atoms with Crippen LogP contribution in [0.5, 0.6) is 0 Å². The molecule has 0 unspecified atom stereocenters. The topological polar surface area (TPSA) is 41.0 Å². The molecule has 0 aliphatic heterocycles. The highest BCUT2D eigenvalue weighted by Gasteiger charge is 2.26. The van der Waals surface area contributed by atoms with Gasteiger partial charge in [-0.05, 0) is 25.5 Å². The maximum Gasteiger partial charge on any atom is 0.129 e. The Labute approximate surface area is 90.7 Å². The summed E-state index contributed by atoms with van der Waals surface area (Å²) in [5, 5.41) is 3.30. The lowest BCUT2D eigenvalue weighted by molar-refractivity contribution is 0.289. The lowest BCUT2D eigenvalue weighted by Crippen LogP contribution is -2.31. The molecule has 15 heavy (non-hydrogen) atoms. The van der Waals surface area contributed by atoms with Crippen molar-refractivity contribution >= 4 is 5.82 Å². The Hall–Kier alpha value is -1.16. The third kappa shape index (κ3) is 3.16. The minimum absolute atomic E-state index is 0.849. The quantitative estimate of drug-likeness (QED) is 0.763. The third-order valence-electron chi connectivity index (χ3n) is 2.76. The van der Waals surface area contributed by atoms with Gasteiger partial charge in [-0.2, -0.15) is 0 Å². The first kappa shape index (κ1) is 10.4. The first-order valence-electron chi connectivity index (χ1n) is 5.64. The number of nitrogens with one attached hydrogen (secondary N) is 1. The van der Waals surface area contributed by atoms with Crippen LogP contribution in [0, 0.1) is 0 Å². The van der Waals surface area contributed by atoms with Crippen LogP contribution in [0.1, 0.15) is 19.8 Å². The number of nitrogens with zero attached hydrogens (tertiary/aromatic N) is 3. The van der Waals surface area contributed by atoms with E-state index in [0.717, 1.165) is 31.5 Å².